The first-order valence-corrected chi connectivity index (χ1v) is 10.9. The van der Waals surface area contributed by atoms with E-state index >= 15 is 0 Å². The van der Waals surface area contributed by atoms with Crippen LogP contribution in [0.4, 0.5) is 4.79 Å². The minimum Gasteiger partial charge on any atom is -0.442 e. The van der Waals surface area contributed by atoms with Crippen molar-refractivity contribution in [2.45, 2.75) is 46.3 Å². The van der Waals surface area contributed by atoms with Crippen LogP contribution in [0.25, 0.3) is 0 Å². The molecule has 0 unspecified atom stereocenters. The van der Waals surface area contributed by atoms with E-state index < -0.39 is 14.9 Å². The molecule has 0 aromatic heterocycles. The Hall–Kier alpha value is -1.41. The molecule has 1 N–H and O–H groups in total. The SMILES string of the molecule is CCO[Si](CCCNC(=O)O[C@H](C)c1ccccc1)(OCC)OCC. The number of alkyl carbamates (subject to hydrolysis) is 1. The van der Waals surface area contributed by atoms with E-state index in [0.29, 0.717) is 38.8 Å². The predicted octanol–water partition coefficient (Wildman–Crippen LogP) is 3.91. The number of amides is 1. The topological polar surface area (TPSA) is 66.0 Å². The predicted molar refractivity (Wildman–Crippen MR) is 99.4 cm³/mol. The van der Waals surface area contributed by atoms with Crippen LogP contribution in [0.15, 0.2) is 30.3 Å². The molecule has 0 aliphatic carbocycles. The normalized spacial score (nSPS) is 12.6. The molecule has 1 aromatic carbocycles. The molecule has 0 bridgehead atoms. The highest BCUT2D eigenvalue weighted by atomic mass is 28.4. The molecule has 1 aromatic rings. The summed E-state index contributed by atoms with van der Waals surface area (Å²) in [6.07, 6.45) is -0.00102. The molecular weight excluding hydrogens is 338 g/mol. The third-order valence-corrected chi connectivity index (χ3v) is 6.73. The van der Waals surface area contributed by atoms with E-state index in [0.717, 1.165) is 5.56 Å². The Balaban J connectivity index is 2.38. The van der Waals surface area contributed by atoms with Crippen LogP contribution in [0.1, 0.15) is 45.8 Å². The molecule has 0 fully saturated rings. The highest BCUT2D eigenvalue weighted by Gasteiger charge is 2.39. The minimum atomic E-state index is -2.64. The average molecular weight is 370 g/mol. The monoisotopic (exact) mass is 369 g/mol. The van der Waals surface area contributed by atoms with Gasteiger partial charge in [-0.15, -0.1) is 0 Å². The number of nitrogens with one attached hydrogen (secondary N) is 1. The van der Waals surface area contributed by atoms with Gasteiger partial charge in [-0.2, -0.15) is 0 Å². The van der Waals surface area contributed by atoms with E-state index in [-0.39, 0.29) is 6.10 Å². The lowest BCUT2D eigenvalue weighted by molar-refractivity contribution is 0.0704. The maximum atomic E-state index is 11.9. The van der Waals surface area contributed by atoms with Crippen molar-refractivity contribution in [2.24, 2.45) is 0 Å². The Morgan fingerprint density at radius 2 is 1.60 bits per heavy atom. The molecule has 0 saturated heterocycles. The van der Waals surface area contributed by atoms with Gasteiger partial charge in [0.05, 0.1) is 0 Å². The van der Waals surface area contributed by atoms with Crippen LogP contribution in [0.5, 0.6) is 0 Å². The van der Waals surface area contributed by atoms with Crippen LogP contribution in [0, 0.1) is 0 Å². The zero-order valence-corrected chi connectivity index (χ0v) is 16.7. The van der Waals surface area contributed by atoms with Crippen molar-refractivity contribution in [1.82, 2.24) is 5.32 Å². The van der Waals surface area contributed by atoms with E-state index in [9.17, 15) is 4.79 Å². The molecular formula is C18H31NO5Si. The molecule has 142 valence electrons. The van der Waals surface area contributed by atoms with E-state index in [4.69, 9.17) is 18.0 Å². The summed E-state index contributed by atoms with van der Waals surface area (Å²) in [4.78, 5) is 11.9. The smallest absolute Gasteiger partial charge is 0.442 e. The fourth-order valence-electron chi connectivity index (χ4n) is 2.49. The fourth-order valence-corrected chi connectivity index (χ4v) is 5.10. The summed E-state index contributed by atoms with van der Waals surface area (Å²) < 4.78 is 22.7. The van der Waals surface area contributed by atoms with E-state index in [1.807, 2.05) is 58.0 Å². The number of hydrogen-bond donors (Lipinski definition) is 1. The fraction of sp³-hybridized carbons (Fsp3) is 0.611. The van der Waals surface area contributed by atoms with Crippen LogP contribution in [0.2, 0.25) is 6.04 Å². The average Bonchev–Trinajstić information content (AvgIpc) is 2.60. The molecule has 25 heavy (non-hydrogen) atoms. The molecule has 0 heterocycles. The Labute approximate surface area is 152 Å². The summed E-state index contributed by atoms with van der Waals surface area (Å²) >= 11 is 0. The molecule has 0 aliphatic heterocycles. The van der Waals surface area contributed by atoms with Gasteiger partial charge in [-0.3, -0.25) is 0 Å². The molecule has 0 aliphatic rings. The summed E-state index contributed by atoms with van der Waals surface area (Å²) in [5.74, 6) is 0. The molecule has 1 atom stereocenters. The lowest BCUT2D eigenvalue weighted by Crippen LogP contribution is -2.46. The summed E-state index contributed by atoms with van der Waals surface area (Å²) in [6.45, 7) is 9.79. The van der Waals surface area contributed by atoms with Gasteiger partial charge in [0.2, 0.25) is 0 Å². The maximum absolute atomic E-state index is 11.9. The van der Waals surface area contributed by atoms with Crippen molar-refractivity contribution in [1.29, 1.82) is 0 Å². The van der Waals surface area contributed by atoms with Gasteiger partial charge in [-0.1, -0.05) is 30.3 Å². The molecule has 6 nitrogen and oxygen atoms in total. The van der Waals surface area contributed by atoms with Gasteiger partial charge in [0.1, 0.15) is 6.10 Å². The van der Waals surface area contributed by atoms with Crippen LogP contribution in [0.3, 0.4) is 0 Å². The standard InChI is InChI=1S/C18H31NO5Si/c1-5-21-25(22-6-2,23-7-3)15-11-14-19-18(20)24-16(4)17-12-9-8-10-13-17/h8-10,12-13,16H,5-7,11,14-15H2,1-4H3,(H,19,20)/t16-/m1/s1. The van der Waals surface area contributed by atoms with Crippen molar-refractivity contribution in [3.8, 4) is 0 Å². The first kappa shape index (κ1) is 21.6. The summed E-state index contributed by atoms with van der Waals surface area (Å²) in [6, 6.07) is 10.3. The molecule has 0 spiro atoms. The quantitative estimate of drug-likeness (QED) is 0.447. The van der Waals surface area contributed by atoms with Gasteiger partial charge in [-0.25, -0.2) is 4.79 Å². The lowest BCUT2D eigenvalue weighted by Gasteiger charge is -2.28. The number of carbonyl (C=O) groups excluding carboxylic acids is 1. The summed E-state index contributed by atoms with van der Waals surface area (Å²) in [5, 5.41) is 2.78. The second kappa shape index (κ2) is 12.0. The number of carbonyl (C=O) groups is 1. The van der Waals surface area contributed by atoms with E-state index in [1.54, 1.807) is 0 Å². The second-order valence-electron chi connectivity index (χ2n) is 5.47. The highest BCUT2D eigenvalue weighted by Crippen LogP contribution is 2.18. The van der Waals surface area contributed by atoms with Crippen molar-refractivity contribution in [2.75, 3.05) is 26.4 Å². The number of rotatable bonds is 12. The first-order valence-electron chi connectivity index (χ1n) is 8.98. The lowest BCUT2D eigenvalue weighted by atomic mass is 10.1. The summed E-state index contributed by atoms with van der Waals surface area (Å²) in [7, 11) is -2.64. The van der Waals surface area contributed by atoms with Crippen LogP contribution in [-0.4, -0.2) is 41.3 Å². The van der Waals surface area contributed by atoms with Gasteiger partial charge >= 0.3 is 14.9 Å². The Morgan fingerprint density at radius 3 is 2.12 bits per heavy atom. The molecule has 7 heteroatoms. The van der Waals surface area contributed by atoms with Gasteiger partial charge < -0.3 is 23.3 Å². The van der Waals surface area contributed by atoms with Crippen LogP contribution < -0.4 is 5.32 Å². The van der Waals surface area contributed by atoms with Gasteiger partial charge in [0.25, 0.3) is 0 Å². The Morgan fingerprint density at radius 1 is 1.04 bits per heavy atom. The highest BCUT2D eigenvalue weighted by molar-refractivity contribution is 6.60. The van der Waals surface area contributed by atoms with E-state index in [1.165, 1.54) is 0 Å². The van der Waals surface area contributed by atoms with Crippen molar-refractivity contribution in [3.05, 3.63) is 35.9 Å². The number of ether oxygens (including phenoxy) is 1. The number of benzene rings is 1. The first-order chi connectivity index (χ1) is 12.1. The van der Waals surface area contributed by atoms with Gasteiger partial charge in [0.15, 0.2) is 0 Å². The number of hydrogen-bond acceptors (Lipinski definition) is 5. The van der Waals surface area contributed by atoms with Gasteiger partial charge in [-0.05, 0) is 39.7 Å². The molecule has 1 rings (SSSR count). The zero-order valence-electron chi connectivity index (χ0n) is 15.7. The largest absolute Gasteiger partial charge is 0.500 e. The zero-order chi connectivity index (χ0) is 18.5. The third-order valence-electron chi connectivity index (χ3n) is 3.57. The van der Waals surface area contributed by atoms with Crippen molar-refractivity contribution < 1.29 is 22.8 Å². The molecule has 1 amide bonds. The Bertz CT molecular complexity index is 469. The summed E-state index contributed by atoms with van der Waals surface area (Å²) in [5.41, 5.74) is 0.966. The van der Waals surface area contributed by atoms with Gasteiger partial charge in [0, 0.05) is 32.4 Å². The van der Waals surface area contributed by atoms with Crippen molar-refractivity contribution in [3.63, 3.8) is 0 Å². The van der Waals surface area contributed by atoms with Crippen molar-refractivity contribution >= 4 is 14.9 Å². The Kier molecular flexibility index (Phi) is 10.4. The molecule has 0 radical (unpaired) electrons. The maximum Gasteiger partial charge on any atom is 0.500 e. The van der Waals surface area contributed by atoms with E-state index in [2.05, 4.69) is 5.32 Å². The third kappa shape index (κ3) is 8.00. The van der Waals surface area contributed by atoms with Crippen LogP contribution in [-0.2, 0) is 18.0 Å². The molecule has 0 saturated carbocycles. The minimum absolute atomic E-state index is 0.287. The second-order valence-corrected chi connectivity index (χ2v) is 8.20. The van der Waals surface area contributed by atoms with Crippen LogP contribution >= 0.6 is 0 Å².